The number of hydrogen-bond donors (Lipinski definition) is 1. The summed E-state index contributed by atoms with van der Waals surface area (Å²) in [7, 11) is 0. The monoisotopic (exact) mass is 274 g/mol. The van der Waals surface area contributed by atoms with E-state index in [0.717, 1.165) is 15.4 Å². The zero-order valence-corrected chi connectivity index (χ0v) is 9.10. The van der Waals surface area contributed by atoms with Gasteiger partial charge < -0.3 is 5.11 Å². The molecule has 0 aliphatic carbocycles. The number of halogens is 1. The summed E-state index contributed by atoms with van der Waals surface area (Å²) >= 11 is 2.96. The van der Waals surface area contributed by atoms with Gasteiger partial charge in [-0.1, -0.05) is 0 Å². The van der Waals surface area contributed by atoms with Gasteiger partial charge in [0.05, 0.1) is 23.5 Å². The van der Waals surface area contributed by atoms with Crippen LogP contribution in [0.4, 0.5) is 0 Å². The molecule has 0 aromatic carbocycles. The van der Waals surface area contributed by atoms with Gasteiger partial charge in [-0.2, -0.15) is 0 Å². The minimum absolute atomic E-state index is 0.0445. The van der Waals surface area contributed by atoms with Crippen molar-refractivity contribution in [3.8, 4) is 0 Å². The summed E-state index contributed by atoms with van der Waals surface area (Å²) in [5.74, 6) is -1.70. The second kappa shape index (κ2) is 3.34. The molecule has 0 radical (unpaired) electrons. The Morgan fingerprint density at radius 3 is 2.60 bits per heavy atom. The fourth-order valence-corrected chi connectivity index (χ4v) is 2.00. The summed E-state index contributed by atoms with van der Waals surface area (Å²) in [6.45, 7) is 0.0968. The van der Waals surface area contributed by atoms with Crippen molar-refractivity contribution < 1.29 is 9.90 Å². The Morgan fingerprint density at radius 2 is 2.00 bits per heavy atom. The van der Waals surface area contributed by atoms with Crippen molar-refractivity contribution in [2.75, 3.05) is 0 Å². The molecule has 1 aliphatic heterocycles. The minimum atomic E-state index is -0.999. The zero-order chi connectivity index (χ0) is 11.2. The fraction of sp³-hybridized carbons (Fsp3) is 0.375. The molecule has 0 fully saturated rings. The number of aliphatic carboxylic acids is 1. The Morgan fingerprint density at radius 1 is 1.40 bits per heavy atom. The molecule has 2 heterocycles. The van der Waals surface area contributed by atoms with E-state index in [1.807, 2.05) is 0 Å². The molecule has 1 aliphatic rings. The van der Waals surface area contributed by atoms with Gasteiger partial charge in [0.15, 0.2) is 0 Å². The van der Waals surface area contributed by atoms with E-state index in [4.69, 9.17) is 5.11 Å². The molecule has 15 heavy (non-hydrogen) atoms. The van der Waals surface area contributed by atoms with Gasteiger partial charge in [-0.05, 0) is 15.9 Å². The molecule has 0 spiro atoms. The van der Waals surface area contributed by atoms with Crippen molar-refractivity contribution in [3.05, 3.63) is 31.2 Å². The van der Waals surface area contributed by atoms with Crippen molar-refractivity contribution in [1.82, 2.24) is 9.36 Å². The predicted octanol–water partition coefficient (Wildman–Crippen LogP) is -0.513. The van der Waals surface area contributed by atoms with Gasteiger partial charge in [0.2, 0.25) is 0 Å². The van der Waals surface area contributed by atoms with Crippen molar-refractivity contribution in [2.24, 2.45) is 5.92 Å². The zero-order valence-electron chi connectivity index (χ0n) is 7.51. The third kappa shape index (κ3) is 1.52. The second-order valence-corrected chi connectivity index (χ2v) is 4.19. The molecule has 1 aromatic rings. The molecule has 0 saturated carbocycles. The third-order valence-electron chi connectivity index (χ3n) is 2.37. The van der Waals surface area contributed by atoms with Crippen LogP contribution in [0, 0.1) is 5.92 Å². The van der Waals surface area contributed by atoms with Gasteiger partial charge in [-0.15, -0.1) is 0 Å². The first-order valence-corrected chi connectivity index (χ1v) is 5.03. The highest BCUT2D eigenvalue weighted by atomic mass is 79.9. The first kappa shape index (κ1) is 10.2. The number of carboxylic acids is 1. The maximum absolute atomic E-state index is 11.5. The van der Waals surface area contributed by atoms with Crippen LogP contribution >= 0.6 is 15.9 Å². The number of carboxylic acid groups (broad SMARTS) is 1. The van der Waals surface area contributed by atoms with Gasteiger partial charge >= 0.3 is 5.97 Å². The van der Waals surface area contributed by atoms with Crippen LogP contribution in [0.1, 0.15) is 0 Å². The number of fused-ring (bicyclic) bond motifs is 1. The lowest BCUT2D eigenvalue weighted by Gasteiger charge is -2.03. The smallest absolute Gasteiger partial charge is 0.310 e. The molecule has 7 heteroatoms. The van der Waals surface area contributed by atoms with E-state index in [1.165, 1.54) is 0 Å². The Labute approximate surface area is 91.9 Å². The average Bonchev–Trinajstić information content (AvgIpc) is 2.59. The van der Waals surface area contributed by atoms with Gasteiger partial charge in [-0.25, -0.2) is 9.36 Å². The molecule has 1 atom stereocenters. The van der Waals surface area contributed by atoms with Crippen molar-refractivity contribution in [3.63, 3.8) is 0 Å². The lowest BCUT2D eigenvalue weighted by molar-refractivity contribution is -0.141. The number of nitrogens with zero attached hydrogens (tertiary/aromatic N) is 2. The second-order valence-electron chi connectivity index (χ2n) is 3.34. The molecular formula is C8H7BrN2O4. The van der Waals surface area contributed by atoms with E-state index < -0.39 is 11.9 Å². The lowest BCUT2D eigenvalue weighted by Crippen LogP contribution is -2.33. The number of hydrogen-bond acceptors (Lipinski definition) is 3. The van der Waals surface area contributed by atoms with Crippen LogP contribution < -0.4 is 11.1 Å². The van der Waals surface area contributed by atoms with Crippen molar-refractivity contribution >= 4 is 21.9 Å². The van der Waals surface area contributed by atoms with E-state index in [9.17, 15) is 14.4 Å². The summed E-state index contributed by atoms with van der Waals surface area (Å²) in [6, 6.07) is 1.16. The average molecular weight is 275 g/mol. The van der Waals surface area contributed by atoms with E-state index >= 15 is 0 Å². The third-order valence-corrected chi connectivity index (χ3v) is 2.94. The molecule has 1 unspecified atom stereocenters. The highest BCUT2D eigenvalue weighted by molar-refractivity contribution is 9.10. The molecule has 80 valence electrons. The Kier molecular flexibility index (Phi) is 2.26. The number of rotatable bonds is 1. The molecule has 0 amide bonds. The summed E-state index contributed by atoms with van der Waals surface area (Å²) in [5.41, 5.74) is -0.747. The minimum Gasteiger partial charge on any atom is -0.481 e. The van der Waals surface area contributed by atoms with Crippen LogP contribution in [0.25, 0.3) is 0 Å². The lowest BCUT2D eigenvalue weighted by atomic mass is 10.2. The van der Waals surface area contributed by atoms with E-state index in [2.05, 4.69) is 15.9 Å². The number of carbonyl (C=O) groups is 1. The summed E-state index contributed by atoms with van der Waals surface area (Å²) in [4.78, 5) is 33.7. The summed E-state index contributed by atoms with van der Waals surface area (Å²) in [5, 5.41) is 8.79. The Bertz CT molecular complexity index is 545. The Balaban J connectivity index is 2.60. The van der Waals surface area contributed by atoms with Crippen LogP contribution in [-0.2, 0) is 17.9 Å². The molecule has 0 bridgehead atoms. The van der Waals surface area contributed by atoms with Gasteiger partial charge in [0.1, 0.15) is 0 Å². The van der Waals surface area contributed by atoms with Crippen LogP contribution in [0.15, 0.2) is 20.1 Å². The maximum atomic E-state index is 11.5. The van der Waals surface area contributed by atoms with Crippen LogP contribution in [0.2, 0.25) is 0 Å². The first-order valence-electron chi connectivity index (χ1n) is 4.24. The van der Waals surface area contributed by atoms with Gasteiger partial charge in [0, 0.05) is 6.07 Å². The predicted molar refractivity (Wildman–Crippen MR) is 53.8 cm³/mol. The van der Waals surface area contributed by atoms with Crippen LogP contribution in [-0.4, -0.2) is 20.4 Å². The first-order chi connectivity index (χ1) is 7.00. The van der Waals surface area contributed by atoms with Crippen LogP contribution in [0.3, 0.4) is 0 Å². The molecule has 6 nitrogen and oxygen atoms in total. The van der Waals surface area contributed by atoms with E-state index in [1.54, 1.807) is 0 Å². The highest BCUT2D eigenvalue weighted by Gasteiger charge is 2.28. The standard InChI is InChI=1S/C8H7BrN2O4/c9-5-1-6(12)10-2-4(8(14)15)3-11(10)7(5)13/h1,4H,2-3H2,(H,14,15). The van der Waals surface area contributed by atoms with Crippen LogP contribution in [0.5, 0.6) is 0 Å². The van der Waals surface area contributed by atoms with Gasteiger partial charge in [-0.3, -0.25) is 14.4 Å². The highest BCUT2D eigenvalue weighted by Crippen LogP contribution is 2.11. The Hall–Kier alpha value is -1.37. The topological polar surface area (TPSA) is 81.3 Å². The molecule has 1 aromatic heterocycles. The normalized spacial score (nSPS) is 18.9. The molecule has 1 N–H and O–H groups in total. The van der Waals surface area contributed by atoms with Crippen molar-refractivity contribution in [1.29, 1.82) is 0 Å². The fourth-order valence-electron chi connectivity index (χ4n) is 1.60. The molecular weight excluding hydrogens is 268 g/mol. The molecule has 2 rings (SSSR count). The summed E-state index contributed by atoms with van der Waals surface area (Å²) < 4.78 is 2.48. The van der Waals surface area contributed by atoms with Crippen molar-refractivity contribution in [2.45, 2.75) is 13.1 Å². The summed E-state index contributed by atoms with van der Waals surface area (Å²) in [6.07, 6.45) is 0. The van der Waals surface area contributed by atoms with Gasteiger partial charge in [0.25, 0.3) is 11.1 Å². The van der Waals surface area contributed by atoms with E-state index in [0.29, 0.717) is 0 Å². The number of aromatic nitrogens is 2. The quantitative estimate of drug-likeness (QED) is 0.748. The SMILES string of the molecule is O=C(O)C1Cn2c(=O)cc(Br)c(=O)n2C1. The largest absolute Gasteiger partial charge is 0.481 e. The molecule has 0 saturated heterocycles. The van der Waals surface area contributed by atoms with E-state index in [-0.39, 0.29) is 28.7 Å². The maximum Gasteiger partial charge on any atom is 0.310 e.